The lowest BCUT2D eigenvalue weighted by Gasteiger charge is -2.14. The number of pyridine rings is 1. The van der Waals surface area contributed by atoms with Crippen molar-refractivity contribution in [3.05, 3.63) is 47.2 Å². The number of ether oxygens (including phenoxy) is 1. The number of nitrogens with one attached hydrogen (secondary N) is 1. The van der Waals surface area contributed by atoms with Gasteiger partial charge in [-0.25, -0.2) is 14.8 Å². The van der Waals surface area contributed by atoms with E-state index in [1.165, 1.54) is 11.3 Å². The Morgan fingerprint density at radius 2 is 2.26 bits per heavy atom. The molecule has 0 bridgehead atoms. The first kappa shape index (κ1) is 15.4. The first-order chi connectivity index (χ1) is 11.2. The number of nitrogens with zero attached hydrogens (tertiary/aromatic N) is 3. The topological polar surface area (TPSA) is 77.0 Å². The molecule has 3 aromatic rings. The van der Waals surface area contributed by atoms with E-state index in [0.29, 0.717) is 18.2 Å². The van der Waals surface area contributed by atoms with Gasteiger partial charge in [0.2, 0.25) is 5.95 Å². The molecule has 0 aliphatic carbocycles. The van der Waals surface area contributed by atoms with Crippen molar-refractivity contribution in [1.29, 1.82) is 0 Å². The number of aromatic nitrogens is 3. The Labute approximate surface area is 137 Å². The van der Waals surface area contributed by atoms with Crippen LogP contribution in [-0.2, 0) is 4.74 Å². The van der Waals surface area contributed by atoms with Crippen LogP contribution in [0.5, 0.6) is 0 Å². The Balaban J connectivity index is 1.93. The predicted molar refractivity (Wildman–Crippen MR) is 89.6 cm³/mol. The second kappa shape index (κ2) is 6.70. The Morgan fingerprint density at radius 1 is 1.39 bits per heavy atom. The van der Waals surface area contributed by atoms with Crippen LogP contribution in [0.15, 0.2) is 36.0 Å². The second-order valence-electron chi connectivity index (χ2n) is 4.90. The molecule has 0 saturated heterocycles. The van der Waals surface area contributed by atoms with Crippen LogP contribution in [0.3, 0.4) is 0 Å². The average Bonchev–Trinajstić information content (AvgIpc) is 3.03. The van der Waals surface area contributed by atoms with E-state index in [4.69, 9.17) is 4.74 Å². The number of carbonyl (C=O) groups is 1. The van der Waals surface area contributed by atoms with Crippen LogP contribution in [0.25, 0.3) is 10.2 Å². The van der Waals surface area contributed by atoms with Crippen LogP contribution in [0.4, 0.5) is 5.95 Å². The molecule has 0 aromatic carbocycles. The van der Waals surface area contributed by atoms with E-state index in [2.05, 4.69) is 20.3 Å². The normalized spacial score (nSPS) is 12.1. The highest BCUT2D eigenvalue weighted by Crippen LogP contribution is 2.25. The van der Waals surface area contributed by atoms with Crippen molar-refractivity contribution in [2.45, 2.75) is 19.9 Å². The van der Waals surface area contributed by atoms with Crippen LogP contribution in [0, 0.1) is 0 Å². The van der Waals surface area contributed by atoms with Gasteiger partial charge in [0.05, 0.1) is 22.9 Å². The molecule has 3 aromatic heterocycles. The largest absolute Gasteiger partial charge is 0.461 e. The minimum absolute atomic E-state index is 0.0326. The van der Waals surface area contributed by atoms with Gasteiger partial charge in [-0.15, -0.1) is 11.3 Å². The molecule has 3 heterocycles. The molecule has 0 fully saturated rings. The van der Waals surface area contributed by atoms with Gasteiger partial charge in [-0.2, -0.15) is 0 Å². The summed E-state index contributed by atoms with van der Waals surface area (Å²) in [6.45, 7) is 4.07. The summed E-state index contributed by atoms with van der Waals surface area (Å²) in [6.07, 6.45) is 3.51. The lowest BCUT2D eigenvalue weighted by molar-refractivity contribution is 0.0522. The number of esters is 1. The fourth-order valence-corrected chi connectivity index (χ4v) is 2.98. The third kappa shape index (κ3) is 3.29. The molecule has 0 aliphatic rings. The number of hydrogen-bond acceptors (Lipinski definition) is 7. The molecular weight excluding hydrogens is 312 g/mol. The van der Waals surface area contributed by atoms with Crippen LogP contribution in [0.2, 0.25) is 0 Å². The van der Waals surface area contributed by atoms with E-state index in [9.17, 15) is 4.79 Å². The molecule has 1 atom stereocenters. The quantitative estimate of drug-likeness (QED) is 0.723. The average molecular weight is 328 g/mol. The first-order valence-electron chi connectivity index (χ1n) is 7.28. The minimum Gasteiger partial charge on any atom is -0.461 e. The third-order valence-electron chi connectivity index (χ3n) is 3.30. The lowest BCUT2D eigenvalue weighted by atomic mass is 10.1. The predicted octanol–water partition coefficient (Wildman–Crippen LogP) is 3.44. The van der Waals surface area contributed by atoms with Crippen molar-refractivity contribution in [3.63, 3.8) is 0 Å². The summed E-state index contributed by atoms with van der Waals surface area (Å²) in [4.78, 5) is 25.0. The maximum Gasteiger partial charge on any atom is 0.358 e. The van der Waals surface area contributed by atoms with Gasteiger partial charge in [-0.3, -0.25) is 4.98 Å². The van der Waals surface area contributed by atoms with Crippen molar-refractivity contribution in [1.82, 2.24) is 15.0 Å². The number of carbonyl (C=O) groups excluding carboxylic acids is 1. The minimum atomic E-state index is -0.431. The molecule has 0 radical (unpaired) electrons. The maximum atomic E-state index is 12.1. The first-order valence-corrected chi connectivity index (χ1v) is 8.16. The number of thiophene rings is 1. The van der Waals surface area contributed by atoms with Crippen molar-refractivity contribution < 1.29 is 9.53 Å². The molecule has 6 nitrogen and oxygen atoms in total. The summed E-state index contributed by atoms with van der Waals surface area (Å²) < 4.78 is 5.83. The maximum absolute atomic E-state index is 12.1. The van der Waals surface area contributed by atoms with Gasteiger partial charge in [0, 0.05) is 12.4 Å². The molecule has 7 heteroatoms. The number of anilines is 1. The zero-order chi connectivity index (χ0) is 16.2. The van der Waals surface area contributed by atoms with Crippen LogP contribution < -0.4 is 5.32 Å². The van der Waals surface area contributed by atoms with E-state index in [1.54, 1.807) is 19.3 Å². The zero-order valence-corrected chi connectivity index (χ0v) is 13.6. The smallest absolute Gasteiger partial charge is 0.358 e. The van der Waals surface area contributed by atoms with E-state index in [-0.39, 0.29) is 6.04 Å². The third-order valence-corrected chi connectivity index (χ3v) is 4.21. The number of fused-ring (bicyclic) bond motifs is 1. The molecule has 0 amide bonds. The zero-order valence-electron chi connectivity index (χ0n) is 12.8. The summed E-state index contributed by atoms with van der Waals surface area (Å²) in [7, 11) is 0. The summed E-state index contributed by atoms with van der Waals surface area (Å²) >= 11 is 1.43. The summed E-state index contributed by atoms with van der Waals surface area (Å²) in [5, 5.41) is 5.10. The highest BCUT2D eigenvalue weighted by atomic mass is 32.1. The van der Waals surface area contributed by atoms with Gasteiger partial charge >= 0.3 is 5.97 Å². The number of hydrogen-bond donors (Lipinski definition) is 1. The Hall–Kier alpha value is -2.54. The van der Waals surface area contributed by atoms with Gasteiger partial charge < -0.3 is 10.1 Å². The molecular formula is C16H16N4O2S. The van der Waals surface area contributed by atoms with Crippen LogP contribution >= 0.6 is 11.3 Å². The van der Waals surface area contributed by atoms with Crippen molar-refractivity contribution >= 4 is 33.5 Å². The standard InChI is InChI=1S/C16H16N4O2S/c1-3-22-15(21)13-14-12(6-8-23-14)19-16(20-13)18-10(2)11-5-4-7-17-9-11/h4-10H,3H2,1-2H3,(H,18,19,20)/t10-/m0/s1. The highest BCUT2D eigenvalue weighted by molar-refractivity contribution is 7.17. The number of rotatable bonds is 5. The Kier molecular flexibility index (Phi) is 4.47. The molecule has 0 spiro atoms. The van der Waals surface area contributed by atoms with E-state index < -0.39 is 5.97 Å². The second-order valence-corrected chi connectivity index (χ2v) is 5.82. The van der Waals surface area contributed by atoms with Crippen LogP contribution in [-0.4, -0.2) is 27.5 Å². The van der Waals surface area contributed by atoms with Gasteiger partial charge in [-0.1, -0.05) is 6.07 Å². The highest BCUT2D eigenvalue weighted by Gasteiger charge is 2.18. The summed E-state index contributed by atoms with van der Waals surface area (Å²) in [5.41, 5.74) is 2.04. The van der Waals surface area contributed by atoms with E-state index >= 15 is 0 Å². The van der Waals surface area contributed by atoms with Crippen molar-refractivity contribution in [3.8, 4) is 0 Å². The molecule has 23 heavy (non-hydrogen) atoms. The molecule has 0 saturated carbocycles. The van der Waals surface area contributed by atoms with Crippen LogP contribution in [0.1, 0.15) is 35.9 Å². The molecule has 0 unspecified atom stereocenters. The van der Waals surface area contributed by atoms with Gasteiger partial charge in [0.15, 0.2) is 5.69 Å². The van der Waals surface area contributed by atoms with Gasteiger partial charge in [0.25, 0.3) is 0 Å². The van der Waals surface area contributed by atoms with Gasteiger partial charge in [-0.05, 0) is 36.9 Å². The van der Waals surface area contributed by atoms with Crippen molar-refractivity contribution in [2.75, 3.05) is 11.9 Å². The molecule has 118 valence electrons. The Bertz CT molecular complexity index is 819. The Morgan fingerprint density at radius 3 is 3.00 bits per heavy atom. The van der Waals surface area contributed by atoms with E-state index in [1.807, 2.05) is 30.5 Å². The van der Waals surface area contributed by atoms with Gasteiger partial charge in [0.1, 0.15) is 0 Å². The molecule has 0 aliphatic heterocycles. The summed E-state index contributed by atoms with van der Waals surface area (Å²) in [5.74, 6) is -0.0327. The van der Waals surface area contributed by atoms with Crippen molar-refractivity contribution in [2.24, 2.45) is 0 Å². The molecule has 1 N–H and O–H groups in total. The molecule has 3 rings (SSSR count). The summed E-state index contributed by atoms with van der Waals surface area (Å²) in [6, 6.07) is 5.68. The fourth-order valence-electron chi connectivity index (χ4n) is 2.17. The lowest BCUT2D eigenvalue weighted by Crippen LogP contribution is -2.13. The monoisotopic (exact) mass is 328 g/mol. The fraction of sp³-hybridized carbons (Fsp3) is 0.250. The SMILES string of the molecule is CCOC(=O)c1nc(N[C@@H](C)c2cccnc2)nc2ccsc12. The van der Waals surface area contributed by atoms with E-state index in [0.717, 1.165) is 15.8 Å².